The van der Waals surface area contributed by atoms with E-state index < -0.39 is 0 Å². The Bertz CT molecular complexity index is 856. The van der Waals surface area contributed by atoms with E-state index in [0.29, 0.717) is 32.6 Å². The molecule has 4 rings (SSSR count). The summed E-state index contributed by atoms with van der Waals surface area (Å²) in [5.74, 6) is 1.17. The Kier molecular flexibility index (Phi) is 5.67. The fourth-order valence-electron chi connectivity index (χ4n) is 4.26. The molecule has 154 valence electrons. The Morgan fingerprint density at radius 3 is 2.69 bits per heavy atom. The molecule has 7 nitrogen and oxygen atoms in total. The summed E-state index contributed by atoms with van der Waals surface area (Å²) in [6.07, 6.45) is 6.56. The Balaban J connectivity index is 1.33. The number of amides is 2. The van der Waals surface area contributed by atoms with Crippen molar-refractivity contribution in [2.75, 3.05) is 31.1 Å². The SMILES string of the molecule is CCc1nccn1CCC(=O)N1CCC2(CC1)CN(c1ccccc1)C(=O)CO2. The molecular formula is C22H28N4O3. The van der Waals surface area contributed by atoms with E-state index in [1.54, 1.807) is 6.20 Å². The van der Waals surface area contributed by atoms with Crippen LogP contribution in [0.3, 0.4) is 0 Å². The van der Waals surface area contributed by atoms with E-state index in [1.165, 1.54) is 0 Å². The molecule has 3 heterocycles. The first-order valence-corrected chi connectivity index (χ1v) is 10.4. The number of ether oxygens (including phenoxy) is 1. The minimum atomic E-state index is -0.361. The van der Waals surface area contributed by atoms with Crippen LogP contribution in [0.5, 0.6) is 0 Å². The van der Waals surface area contributed by atoms with Crippen LogP contribution < -0.4 is 4.90 Å². The van der Waals surface area contributed by atoms with Crippen molar-refractivity contribution in [1.82, 2.24) is 14.5 Å². The third kappa shape index (κ3) is 4.19. The number of benzene rings is 1. The van der Waals surface area contributed by atoms with E-state index in [1.807, 2.05) is 46.3 Å². The number of carbonyl (C=O) groups is 2. The van der Waals surface area contributed by atoms with E-state index in [-0.39, 0.29) is 24.0 Å². The van der Waals surface area contributed by atoms with Gasteiger partial charge in [0.25, 0.3) is 5.91 Å². The summed E-state index contributed by atoms with van der Waals surface area (Å²) in [6.45, 7) is 4.71. The summed E-state index contributed by atoms with van der Waals surface area (Å²) in [5, 5.41) is 0. The van der Waals surface area contributed by atoms with Gasteiger partial charge in [0.2, 0.25) is 5.91 Å². The molecule has 0 radical (unpaired) electrons. The molecule has 2 amide bonds. The second kappa shape index (κ2) is 8.37. The lowest BCUT2D eigenvalue weighted by atomic mass is 9.89. The predicted molar refractivity (Wildman–Crippen MR) is 110 cm³/mol. The number of rotatable bonds is 5. The van der Waals surface area contributed by atoms with E-state index >= 15 is 0 Å². The number of hydrogen-bond donors (Lipinski definition) is 0. The molecule has 7 heteroatoms. The number of anilines is 1. The zero-order valence-corrected chi connectivity index (χ0v) is 16.9. The summed E-state index contributed by atoms with van der Waals surface area (Å²) < 4.78 is 8.06. The number of carbonyl (C=O) groups excluding carboxylic acids is 2. The first-order chi connectivity index (χ1) is 14.1. The zero-order chi connectivity index (χ0) is 20.3. The minimum Gasteiger partial charge on any atom is -0.363 e. The Morgan fingerprint density at radius 2 is 1.97 bits per heavy atom. The molecule has 0 saturated carbocycles. The van der Waals surface area contributed by atoms with Gasteiger partial charge in [0.15, 0.2) is 0 Å². The Hall–Kier alpha value is -2.67. The molecule has 29 heavy (non-hydrogen) atoms. The van der Waals surface area contributed by atoms with Crippen LogP contribution in [0.25, 0.3) is 0 Å². The largest absolute Gasteiger partial charge is 0.363 e. The molecule has 2 aliphatic heterocycles. The van der Waals surface area contributed by atoms with Crippen LogP contribution in [0.15, 0.2) is 42.7 Å². The summed E-state index contributed by atoms with van der Waals surface area (Å²) >= 11 is 0. The van der Waals surface area contributed by atoms with Gasteiger partial charge in [0.05, 0.1) is 12.1 Å². The lowest BCUT2D eigenvalue weighted by molar-refractivity contribution is -0.150. The second-order valence-corrected chi connectivity index (χ2v) is 7.81. The maximum absolute atomic E-state index is 12.7. The quantitative estimate of drug-likeness (QED) is 0.778. The molecule has 2 aliphatic rings. The fourth-order valence-corrected chi connectivity index (χ4v) is 4.26. The lowest BCUT2D eigenvalue weighted by Gasteiger charge is -2.47. The highest BCUT2D eigenvalue weighted by molar-refractivity contribution is 5.95. The van der Waals surface area contributed by atoms with E-state index in [9.17, 15) is 9.59 Å². The smallest absolute Gasteiger partial charge is 0.253 e. The van der Waals surface area contributed by atoms with Crippen molar-refractivity contribution >= 4 is 17.5 Å². The number of likely N-dealkylation sites (tertiary alicyclic amines) is 1. The highest BCUT2D eigenvalue weighted by Crippen LogP contribution is 2.32. The summed E-state index contributed by atoms with van der Waals surface area (Å²) in [5.41, 5.74) is 0.547. The van der Waals surface area contributed by atoms with Gasteiger partial charge >= 0.3 is 0 Å². The Morgan fingerprint density at radius 1 is 1.21 bits per heavy atom. The summed E-state index contributed by atoms with van der Waals surface area (Å²) in [4.78, 5) is 33.1. The number of para-hydroxylation sites is 1. The molecule has 2 aromatic rings. The Labute approximate surface area is 171 Å². The molecule has 0 atom stereocenters. The van der Waals surface area contributed by atoms with Crippen LogP contribution in [0.1, 0.15) is 32.0 Å². The van der Waals surface area contributed by atoms with Crippen LogP contribution in [0.2, 0.25) is 0 Å². The summed E-state index contributed by atoms with van der Waals surface area (Å²) in [7, 11) is 0. The number of hydrogen-bond acceptors (Lipinski definition) is 4. The summed E-state index contributed by atoms with van der Waals surface area (Å²) in [6, 6.07) is 9.74. The number of imidazole rings is 1. The maximum atomic E-state index is 12.7. The number of nitrogens with zero attached hydrogens (tertiary/aromatic N) is 4. The van der Waals surface area contributed by atoms with Gasteiger partial charge in [0, 0.05) is 50.6 Å². The van der Waals surface area contributed by atoms with Crippen LogP contribution in [-0.4, -0.2) is 58.1 Å². The van der Waals surface area contributed by atoms with Crippen LogP contribution >= 0.6 is 0 Å². The lowest BCUT2D eigenvalue weighted by Crippen LogP contribution is -2.59. The van der Waals surface area contributed by atoms with E-state index in [0.717, 1.165) is 30.8 Å². The number of aromatic nitrogens is 2. The molecule has 0 N–H and O–H groups in total. The number of piperidine rings is 1. The third-order valence-corrected chi connectivity index (χ3v) is 6.03. The van der Waals surface area contributed by atoms with E-state index in [4.69, 9.17) is 4.74 Å². The maximum Gasteiger partial charge on any atom is 0.253 e. The highest BCUT2D eigenvalue weighted by atomic mass is 16.5. The molecule has 1 aromatic carbocycles. The van der Waals surface area contributed by atoms with Gasteiger partial charge in [-0.25, -0.2) is 4.98 Å². The number of morpholine rings is 1. The first-order valence-electron chi connectivity index (χ1n) is 10.4. The molecule has 2 saturated heterocycles. The van der Waals surface area contributed by atoms with Crippen LogP contribution in [-0.2, 0) is 27.3 Å². The van der Waals surface area contributed by atoms with Crippen molar-refractivity contribution in [1.29, 1.82) is 0 Å². The van der Waals surface area contributed by atoms with Gasteiger partial charge in [-0.3, -0.25) is 9.59 Å². The van der Waals surface area contributed by atoms with Crippen molar-refractivity contribution in [2.24, 2.45) is 0 Å². The van der Waals surface area contributed by atoms with Gasteiger partial charge in [-0.15, -0.1) is 0 Å². The highest BCUT2D eigenvalue weighted by Gasteiger charge is 2.43. The topological polar surface area (TPSA) is 67.7 Å². The second-order valence-electron chi connectivity index (χ2n) is 7.81. The van der Waals surface area contributed by atoms with E-state index in [2.05, 4.69) is 16.5 Å². The van der Waals surface area contributed by atoms with Crippen LogP contribution in [0, 0.1) is 0 Å². The average molecular weight is 396 g/mol. The number of aryl methyl sites for hydroxylation is 2. The molecular weight excluding hydrogens is 368 g/mol. The zero-order valence-electron chi connectivity index (χ0n) is 16.9. The van der Waals surface area contributed by atoms with Gasteiger partial charge < -0.3 is 19.1 Å². The van der Waals surface area contributed by atoms with Gasteiger partial charge in [-0.1, -0.05) is 25.1 Å². The monoisotopic (exact) mass is 396 g/mol. The normalized spacial score (nSPS) is 19.0. The molecule has 1 spiro atoms. The van der Waals surface area contributed by atoms with Crippen molar-refractivity contribution < 1.29 is 14.3 Å². The standard InChI is InChI=1S/C22H28N4O3/c1-2-19-23-11-15-24(19)12-8-20(27)25-13-9-22(10-14-25)17-26(21(28)16-29-22)18-6-4-3-5-7-18/h3-7,11,15H,2,8-10,12-14,16-17H2,1H3. The molecule has 0 bridgehead atoms. The van der Waals surface area contributed by atoms with Gasteiger partial charge in [-0.2, -0.15) is 0 Å². The van der Waals surface area contributed by atoms with Gasteiger partial charge in [-0.05, 0) is 25.0 Å². The molecule has 0 unspecified atom stereocenters. The molecule has 2 fully saturated rings. The third-order valence-electron chi connectivity index (χ3n) is 6.03. The van der Waals surface area contributed by atoms with Crippen LogP contribution in [0.4, 0.5) is 5.69 Å². The van der Waals surface area contributed by atoms with Crippen molar-refractivity contribution in [3.8, 4) is 0 Å². The predicted octanol–water partition coefficient (Wildman–Crippen LogP) is 2.26. The van der Waals surface area contributed by atoms with Gasteiger partial charge in [0.1, 0.15) is 12.4 Å². The van der Waals surface area contributed by atoms with Crippen molar-refractivity contribution in [2.45, 2.75) is 44.8 Å². The molecule has 0 aliphatic carbocycles. The fraction of sp³-hybridized carbons (Fsp3) is 0.500. The van der Waals surface area contributed by atoms with Crippen molar-refractivity contribution in [3.05, 3.63) is 48.5 Å². The first kappa shape index (κ1) is 19.6. The minimum absolute atomic E-state index is 0.00704. The average Bonchev–Trinajstić information content (AvgIpc) is 3.23. The van der Waals surface area contributed by atoms with Crippen molar-refractivity contribution in [3.63, 3.8) is 0 Å². The molecule has 1 aromatic heterocycles.